The summed E-state index contributed by atoms with van der Waals surface area (Å²) in [6.45, 7) is 6.25. The number of nitrogens with one attached hydrogen (secondary N) is 2. The normalized spacial score (nSPS) is 20.3. The average molecular weight is 289 g/mol. The van der Waals surface area contributed by atoms with Crippen molar-refractivity contribution in [1.82, 2.24) is 20.5 Å². The molecule has 1 aliphatic heterocycles. The Bertz CT molecular complexity index is 432. The van der Waals surface area contributed by atoms with Crippen molar-refractivity contribution in [3.05, 3.63) is 30.1 Å². The third-order valence-corrected chi connectivity index (χ3v) is 4.05. The van der Waals surface area contributed by atoms with Crippen LogP contribution in [-0.4, -0.2) is 48.6 Å². The Labute approximate surface area is 127 Å². The van der Waals surface area contributed by atoms with E-state index in [0.717, 1.165) is 24.7 Å². The summed E-state index contributed by atoms with van der Waals surface area (Å²) in [5.41, 5.74) is 1.02. The van der Waals surface area contributed by atoms with Crippen LogP contribution in [0.2, 0.25) is 0 Å². The van der Waals surface area contributed by atoms with Crippen LogP contribution in [0, 0.1) is 0 Å². The Balaban J connectivity index is 1.77. The molecule has 0 radical (unpaired) electrons. The van der Waals surface area contributed by atoms with E-state index in [0.29, 0.717) is 12.6 Å². The zero-order chi connectivity index (χ0) is 14.9. The minimum absolute atomic E-state index is 0.622. The Hall–Kier alpha value is -1.62. The van der Waals surface area contributed by atoms with Gasteiger partial charge in [-0.15, -0.1) is 0 Å². The largest absolute Gasteiger partial charge is 0.355 e. The summed E-state index contributed by atoms with van der Waals surface area (Å²) in [6.07, 6.45) is 5.76. The van der Waals surface area contributed by atoms with E-state index in [1.54, 1.807) is 0 Å². The summed E-state index contributed by atoms with van der Waals surface area (Å²) in [6, 6.07) is 6.57. The average Bonchev–Trinajstić information content (AvgIpc) is 2.56. The number of aromatic nitrogens is 1. The third kappa shape index (κ3) is 5.01. The van der Waals surface area contributed by atoms with Crippen molar-refractivity contribution in [2.75, 3.05) is 26.7 Å². The van der Waals surface area contributed by atoms with Gasteiger partial charge in [0, 0.05) is 25.8 Å². The molecule has 1 aromatic rings. The smallest absolute Gasteiger partial charge is 0.191 e. The number of likely N-dealkylation sites (N-methyl/N-ethyl adjacent to an activating group) is 1. The first kappa shape index (κ1) is 15.8. The van der Waals surface area contributed by atoms with E-state index in [2.05, 4.69) is 32.4 Å². The maximum atomic E-state index is 4.31. The van der Waals surface area contributed by atoms with Crippen LogP contribution in [0.5, 0.6) is 0 Å². The fraction of sp³-hybridized carbons (Fsp3) is 0.625. The molecule has 0 spiro atoms. The van der Waals surface area contributed by atoms with Crippen molar-refractivity contribution in [2.45, 2.75) is 38.8 Å². The number of piperidine rings is 1. The maximum absolute atomic E-state index is 4.31. The van der Waals surface area contributed by atoms with Crippen LogP contribution in [0.3, 0.4) is 0 Å². The van der Waals surface area contributed by atoms with Crippen molar-refractivity contribution in [1.29, 1.82) is 0 Å². The highest BCUT2D eigenvalue weighted by Gasteiger charge is 2.20. The Kier molecular flexibility index (Phi) is 6.47. The molecule has 0 amide bonds. The predicted molar refractivity (Wildman–Crippen MR) is 87.3 cm³/mol. The molecule has 21 heavy (non-hydrogen) atoms. The second-order valence-electron chi connectivity index (χ2n) is 5.41. The molecule has 1 fully saturated rings. The summed E-state index contributed by atoms with van der Waals surface area (Å²) in [5, 5.41) is 6.76. The van der Waals surface area contributed by atoms with Crippen molar-refractivity contribution in [2.24, 2.45) is 4.99 Å². The molecule has 2 N–H and O–H groups in total. The minimum Gasteiger partial charge on any atom is -0.355 e. The van der Waals surface area contributed by atoms with Crippen LogP contribution >= 0.6 is 0 Å². The van der Waals surface area contributed by atoms with E-state index in [1.807, 2.05) is 31.4 Å². The van der Waals surface area contributed by atoms with Gasteiger partial charge in [-0.2, -0.15) is 0 Å². The lowest BCUT2D eigenvalue weighted by atomic mass is 10.0. The van der Waals surface area contributed by atoms with Gasteiger partial charge in [0.1, 0.15) is 0 Å². The molecule has 0 saturated carbocycles. The van der Waals surface area contributed by atoms with Crippen molar-refractivity contribution < 1.29 is 0 Å². The first-order valence-corrected chi connectivity index (χ1v) is 7.92. The molecule has 2 heterocycles. The fourth-order valence-electron chi connectivity index (χ4n) is 2.82. The number of aliphatic imine (C=N–C) groups is 1. The minimum atomic E-state index is 0.622. The lowest BCUT2D eigenvalue weighted by molar-refractivity contribution is 0.157. The molecule has 2 rings (SSSR count). The zero-order valence-electron chi connectivity index (χ0n) is 13.2. The van der Waals surface area contributed by atoms with Gasteiger partial charge in [0.25, 0.3) is 0 Å². The van der Waals surface area contributed by atoms with Gasteiger partial charge in [0.2, 0.25) is 0 Å². The summed E-state index contributed by atoms with van der Waals surface area (Å²) >= 11 is 0. The zero-order valence-corrected chi connectivity index (χ0v) is 13.2. The van der Waals surface area contributed by atoms with E-state index in [4.69, 9.17) is 0 Å². The standard InChI is InChI=1S/C16H27N5/c1-3-21-11-7-5-9-15(21)13-20-16(17-2)19-12-14-8-4-6-10-18-14/h4,6,8,10,15H,3,5,7,9,11-13H2,1-2H3,(H2,17,19,20). The number of pyridine rings is 1. The first-order valence-electron chi connectivity index (χ1n) is 7.92. The Morgan fingerprint density at radius 2 is 2.29 bits per heavy atom. The molecule has 1 aromatic heterocycles. The second kappa shape index (κ2) is 8.62. The van der Waals surface area contributed by atoms with Gasteiger partial charge in [0.05, 0.1) is 12.2 Å². The molecule has 1 unspecified atom stereocenters. The maximum Gasteiger partial charge on any atom is 0.191 e. The van der Waals surface area contributed by atoms with Crippen molar-refractivity contribution in [3.8, 4) is 0 Å². The summed E-state index contributed by atoms with van der Waals surface area (Å²) in [5.74, 6) is 0.849. The molecule has 5 heteroatoms. The van der Waals surface area contributed by atoms with Crippen LogP contribution in [0.15, 0.2) is 29.4 Å². The molecule has 116 valence electrons. The van der Waals surface area contributed by atoms with Crippen LogP contribution < -0.4 is 10.6 Å². The Morgan fingerprint density at radius 1 is 1.38 bits per heavy atom. The Morgan fingerprint density at radius 3 is 3.00 bits per heavy atom. The highest BCUT2D eigenvalue weighted by molar-refractivity contribution is 5.79. The molecule has 1 saturated heterocycles. The highest BCUT2D eigenvalue weighted by atomic mass is 15.2. The topological polar surface area (TPSA) is 52.5 Å². The summed E-state index contributed by atoms with van der Waals surface area (Å²) in [7, 11) is 1.81. The van der Waals surface area contributed by atoms with E-state index < -0.39 is 0 Å². The van der Waals surface area contributed by atoms with Gasteiger partial charge in [-0.05, 0) is 38.1 Å². The molecule has 1 atom stereocenters. The molecular weight excluding hydrogens is 262 g/mol. The number of likely N-dealkylation sites (tertiary alicyclic amines) is 1. The first-order chi connectivity index (χ1) is 10.3. The monoisotopic (exact) mass is 289 g/mol. The molecular formula is C16H27N5. The van der Waals surface area contributed by atoms with Crippen LogP contribution in [-0.2, 0) is 6.54 Å². The van der Waals surface area contributed by atoms with Crippen molar-refractivity contribution in [3.63, 3.8) is 0 Å². The van der Waals surface area contributed by atoms with E-state index in [-0.39, 0.29) is 0 Å². The number of rotatable bonds is 5. The predicted octanol–water partition coefficient (Wildman–Crippen LogP) is 1.62. The number of hydrogen-bond donors (Lipinski definition) is 2. The number of hydrogen-bond acceptors (Lipinski definition) is 3. The van der Waals surface area contributed by atoms with Crippen LogP contribution in [0.4, 0.5) is 0 Å². The van der Waals surface area contributed by atoms with E-state index in [1.165, 1.54) is 25.8 Å². The second-order valence-corrected chi connectivity index (χ2v) is 5.41. The number of guanidine groups is 1. The van der Waals surface area contributed by atoms with Crippen molar-refractivity contribution >= 4 is 5.96 Å². The van der Waals surface area contributed by atoms with Crippen LogP contribution in [0.25, 0.3) is 0 Å². The molecule has 0 bridgehead atoms. The fourth-order valence-corrected chi connectivity index (χ4v) is 2.82. The SMILES string of the molecule is CCN1CCCCC1CNC(=NC)NCc1ccccn1. The highest BCUT2D eigenvalue weighted by Crippen LogP contribution is 2.15. The van der Waals surface area contributed by atoms with Gasteiger partial charge >= 0.3 is 0 Å². The molecule has 5 nitrogen and oxygen atoms in total. The number of nitrogens with zero attached hydrogens (tertiary/aromatic N) is 3. The van der Waals surface area contributed by atoms with Crippen LogP contribution in [0.1, 0.15) is 31.9 Å². The lowest BCUT2D eigenvalue weighted by Crippen LogP contribution is -2.48. The van der Waals surface area contributed by atoms with E-state index >= 15 is 0 Å². The molecule has 1 aliphatic rings. The molecule has 0 aromatic carbocycles. The summed E-state index contributed by atoms with van der Waals surface area (Å²) < 4.78 is 0. The van der Waals surface area contributed by atoms with Gasteiger partial charge < -0.3 is 10.6 Å². The third-order valence-electron chi connectivity index (χ3n) is 4.05. The van der Waals surface area contributed by atoms with Gasteiger partial charge in [-0.25, -0.2) is 0 Å². The summed E-state index contributed by atoms with van der Waals surface area (Å²) in [4.78, 5) is 11.2. The lowest BCUT2D eigenvalue weighted by Gasteiger charge is -2.35. The molecule has 0 aliphatic carbocycles. The van der Waals surface area contributed by atoms with Gasteiger partial charge in [-0.1, -0.05) is 19.4 Å². The van der Waals surface area contributed by atoms with Gasteiger partial charge in [0.15, 0.2) is 5.96 Å². The van der Waals surface area contributed by atoms with E-state index in [9.17, 15) is 0 Å². The van der Waals surface area contributed by atoms with Gasteiger partial charge in [-0.3, -0.25) is 14.9 Å². The quantitative estimate of drug-likeness (QED) is 0.639.